The van der Waals surface area contributed by atoms with Gasteiger partial charge in [-0.05, 0) is 12.1 Å². The Morgan fingerprint density at radius 3 is 2.79 bits per heavy atom. The molecule has 1 aromatic rings. The minimum absolute atomic E-state index is 0.0204. The molecule has 1 rings (SSSR count). The van der Waals surface area contributed by atoms with Gasteiger partial charge in [-0.1, -0.05) is 6.07 Å². The van der Waals surface area contributed by atoms with Gasteiger partial charge in [-0.3, -0.25) is 4.79 Å². The van der Waals surface area contributed by atoms with Crippen molar-refractivity contribution in [1.82, 2.24) is 5.32 Å². The van der Waals surface area contributed by atoms with E-state index >= 15 is 0 Å². The van der Waals surface area contributed by atoms with E-state index in [9.17, 15) is 14.3 Å². The molecule has 0 saturated heterocycles. The molecule has 0 atom stereocenters. The first-order valence-electron chi connectivity index (χ1n) is 4.03. The van der Waals surface area contributed by atoms with Crippen LogP contribution in [0.15, 0.2) is 18.2 Å². The van der Waals surface area contributed by atoms with Crippen LogP contribution >= 0.6 is 0 Å². The molecular weight excluding hydrogens is 189 g/mol. The number of rotatable bonds is 3. The summed E-state index contributed by atoms with van der Waals surface area (Å²) in [5.74, 6) is -1.95. The zero-order chi connectivity index (χ0) is 10.6. The third-order valence-electron chi connectivity index (χ3n) is 1.62. The lowest BCUT2D eigenvalue weighted by atomic mass is 10.2. The second-order valence-electron chi connectivity index (χ2n) is 2.61. The van der Waals surface area contributed by atoms with Crippen molar-refractivity contribution in [2.75, 3.05) is 13.2 Å². The number of aliphatic hydroxyl groups is 1. The van der Waals surface area contributed by atoms with E-state index in [1.807, 2.05) is 0 Å². The topological polar surface area (TPSA) is 69.6 Å². The van der Waals surface area contributed by atoms with Gasteiger partial charge in [-0.25, -0.2) is 4.39 Å². The summed E-state index contributed by atoms with van der Waals surface area (Å²) in [6.45, 7) is -0.215. The van der Waals surface area contributed by atoms with Crippen molar-refractivity contribution in [2.24, 2.45) is 0 Å². The fraction of sp³-hybridized carbons (Fsp3) is 0.222. The van der Waals surface area contributed by atoms with Crippen LogP contribution in [0, 0.1) is 5.82 Å². The van der Waals surface area contributed by atoms with Crippen LogP contribution in [0.1, 0.15) is 10.4 Å². The minimum atomic E-state index is -0.791. The van der Waals surface area contributed by atoms with Crippen molar-refractivity contribution in [2.45, 2.75) is 0 Å². The molecule has 0 aliphatic heterocycles. The van der Waals surface area contributed by atoms with Crippen LogP contribution in [-0.4, -0.2) is 29.3 Å². The number of benzene rings is 1. The molecule has 0 aromatic heterocycles. The fourth-order valence-corrected chi connectivity index (χ4v) is 0.995. The number of aromatic hydroxyl groups is 1. The van der Waals surface area contributed by atoms with Gasteiger partial charge >= 0.3 is 0 Å². The number of hydrogen-bond donors (Lipinski definition) is 3. The summed E-state index contributed by atoms with van der Waals surface area (Å²) in [4.78, 5) is 11.2. The highest BCUT2D eigenvalue weighted by Crippen LogP contribution is 2.19. The molecule has 4 nitrogen and oxygen atoms in total. The Balaban J connectivity index is 2.89. The molecule has 0 heterocycles. The van der Waals surface area contributed by atoms with Crippen LogP contribution in [0.5, 0.6) is 5.75 Å². The van der Waals surface area contributed by atoms with Gasteiger partial charge in [-0.15, -0.1) is 0 Å². The number of amides is 1. The van der Waals surface area contributed by atoms with Crippen LogP contribution in [0.2, 0.25) is 0 Å². The summed E-state index contributed by atoms with van der Waals surface area (Å²) >= 11 is 0. The van der Waals surface area contributed by atoms with Crippen LogP contribution in [0.4, 0.5) is 4.39 Å². The Kier molecular flexibility index (Phi) is 3.41. The number of halogens is 1. The maximum absolute atomic E-state index is 13.0. The number of aliphatic hydroxyl groups excluding tert-OH is 1. The van der Waals surface area contributed by atoms with Crippen molar-refractivity contribution < 1.29 is 19.4 Å². The maximum atomic E-state index is 13.0. The predicted molar refractivity (Wildman–Crippen MR) is 47.5 cm³/mol. The summed E-state index contributed by atoms with van der Waals surface area (Å²) in [5.41, 5.74) is -0.402. The number of phenols is 1. The lowest BCUT2D eigenvalue weighted by Gasteiger charge is -2.05. The van der Waals surface area contributed by atoms with Crippen molar-refractivity contribution >= 4 is 5.91 Å². The fourth-order valence-electron chi connectivity index (χ4n) is 0.995. The number of carbonyl (C=O) groups excluding carboxylic acids is 1. The summed E-state index contributed by atoms with van der Waals surface area (Å²) < 4.78 is 13.0. The molecule has 0 saturated carbocycles. The lowest BCUT2D eigenvalue weighted by molar-refractivity contribution is 0.0938. The Morgan fingerprint density at radius 2 is 2.21 bits per heavy atom. The van der Waals surface area contributed by atoms with E-state index < -0.39 is 23.0 Å². The summed E-state index contributed by atoms with van der Waals surface area (Å²) in [6.07, 6.45) is 0. The first kappa shape index (κ1) is 10.5. The van der Waals surface area contributed by atoms with E-state index in [0.29, 0.717) is 0 Å². The molecule has 0 fully saturated rings. The third kappa shape index (κ3) is 2.20. The maximum Gasteiger partial charge on any atom is 0.258 e. The van der Waals surface area contributed by atoms with E-state index in [-0.39, 0.29) is 13.2 Å². The van der Waals surface area contributed by atoms with Crippen molar-refractivity contribution in [3.05, 3.63) is 29.6 Å². The van der Waals surface area contributed by atoms with Gasteiger partial charge in [0.15, 0.2) is 0 Å². The zero-order valence-corrected chi connectivity index (χ0v) is 7.33. The average molecular weight is 199 g/mol. The highest BCUT2D eigenvalue weighted by molar-refractivity contribution is 5.97. The molecule has 76 valence electrons. The Labute approximate surface area is 80.0 Å². The normalized spacial score (nSPS) is 9.86. The summed E-state index contributed by atoms with van der Waals surface area (Å²) in [5, 5.41) is 19.9. The largest absolute Gasteiger partial charge is 0.507 e. The molecule has 0 spiro atoms. The van der Waals surface area contributed by atoms with Crippen molar-refractivity contribution in [3.63, 3.8) is 0 Å². The van der Waals surface area contributed by atoms with E-state index in [0.717, 1.165) is 6.07 Å². The van der Waals surface area contributed by atoms with Gasteiger partial charge in [0.25, 0.3) is 5.91 Å². The zero-order valence-electron chi connectivity index (χ0n) is 7.33. The second kappa shape index (κ2) is 4.57. The van der Waals surface area contributed by atoms with Crippen LogP contribution in [0.25, 0.3) is 0 Å². The lowest BCUT2D eigenvalue weighted by Crippen LogP contribution is -2.27. The molecule has 3 N–H and O–H groups in total. The standard InChI is InChI=1S/C9H10FNO3/c10-6-2-1-3-7(13)8(6)9(14)11-4-5-12/h1-3,12-13H,4-5H2,(H,11,14). The Bertz CT molecular complexity index is 321. The molecule has 0 aliphatic carbocycles. The van der Waals surface area contributed by atoms with Crippen LogP contribution < -0.4 is 5.32 Å². The molecule has 0 unspecified atom stereocenters. The highest BCUT2D eigenvalue weighted by atomic mass is 19.1. The summed E-state index contributed by atoms with van der Waals surface area (Å²) in [7, 11) is 0. The van der Waals surface area contributed by atoms with Gasteiger partial charge in [0.1, 0.15) is 17.1 Å². The average Bonchev–Trinajstić information content (AvgIpc) is 2.14. The first-order valence-corrected chi connectivity index (χ1v) is 4.03. The second-order valence-corrected chi connectivity index (χ2v) is 2.61. The van der Waals surface area contributed by atoms with Crippen molar-refractivity contribution in [3.8, 4) is 5.75 Å². The molecule has 14 heavy (non-hydrogen) atoms. The molecule has 5 heteroatoms. The van der Waals surface area contributed by atoms with Gasteiger partial charge in [0.2, 0.25) is 0 Å². The molecular formula is C9H10FNO3. The number of nitrogens with one attached hydrogen (secondary N) is 1. The molecule has 1 amide bonds. The quantitative estimate of drug-likeness (QED) is 0.653. The van der Waals surface area contributed by atoms with E-state index in [1.165, 1.54) is 12.1 Å². The highest BCUT2D eigenvalue weighted by Gasteiger charge is 2.15. The van der Waals surface area contributed by atoms with Gasteiger partial charge in [0.05, 0.1) is 6.61 Å². The van der Waals surface area contributed by atoms with Gasteiger partial charge in [-0.2, -0.15) is 0 Å². The van der Waals surface area contributed by atoms with E-state index in [1.54, 1.807) is 0 Å². The van der Waals surface area contributed by atoms with E-state index in [2.05, 4.69) is 5.32 Å². The monoisotopic (exact) mass is 199 g/mol. The third-order valence-corrected chi connectivity index (χ3v) is 1.62. The SMILES string of the molecule is O=C(NCCO)c1c(O)cccc1F. The van der Waals surface area contributed by atoms with Gasteiger partial charge < -0.3 is 15.5 Å². The number of phenolic OH excluding ortho intramolecular Hbond substituents is 1. The summed E-state index contributed by atoms with van der Waals surface area (Å²) in [6, 6.07) is 3.60. The number of hydrogen-bond acceptors (Lipinski definition) is 3. The van der Waals surface area contributed by atoms with Crippen molar-refractivity contribution in [1.29, 1.82) is 0 Å². The van der Waals surface area contributed by atoms with Gasteiger partial charge in [0, 0.05) is 6.54 Å². The van der Waals surface area contributed by atoms with Crippen LogP contribution in [-0.2, 0) is 0 Å². The Hall–Kier alpha value is -1.62. The smallest absolute Gasteiger partial charge is 0.258 e. The predicted octanol–water partition coefficient (Wildman–Crippen LogP) is 0.253. The molecule has 0 aliphatic rings. The molecule has 0 radical (unpaired) electrons. The Morgan fingerprint density at radius 1 is 1.50 bits per heavy atom. The van der Waals surface area contributed by atoms with E-state index in [4.69, 9.17) is 5.11 Å². The first-order chi connectivity index (χ1) is 6.66. The minimum Gasteiger partial charge on any atom is -0.507 e. The molecule has 0 bridgehead atoms. The van der Waals surface area contributed by atoms with Crippen LogP contribution in [0.3, 0.4) is 0 Å². The number of carbonyl (C=O) groups is 1. The molecule has 1 aromatic carbocycles.